The monoisotopic (exact) mass is 460 g/mol. The Bertz CT molecular complexity index is 1080. The molecule has 2 heterocycles. The van der Waals surface area contributed by atoms with Crippen LogP contribution in [0.25, 0.3) is 0 Å². The average Bonchev–Trinajstić information content (AvgIpc) is 3.59. The molecule has 1 N–H and O–H groups in total. The second-order valence-corrected chi connectivity index (χ2v) is 9.11. The fourth-order valence-corrected chi connectivity index (χ4v) is 5.08. The summed E-state index contributed by atoms with van der Waals surface area (Å²) < 4.78 is 11.9. The zero-order valence-corrected chi connectivity index (χ0v) is 19.7. The summed E-state index contributed by atoms with van der Waals surface area (Å²) in [7, 11) is 1.69. The van der Waals surface area contributed by atoms with E-state index in [1.54, 1.807) is 19.4 Å². The van der Waals surface area contributed by atoms with Gasteiger partial charge in [-0.3, -0.25) is 9.89 Å². The van der Waals surface area contributed by atoms with E-state index >= 15 is 0 Å². The van der Waals surface area contributed by atoms with Crippen LogP contribution in [-0.4, -0.2) is 59.9 Å². The van der Waals surface area contributed by atoms with Gasteiger partial charge in [-0.15, -0.1) is 0 Å². The van der Waals surface area contributed by atoms with Crippen molar-refractivity contribution in [2.75, 3.05) is 31.6 Å². The molecule has 1 aliphatic heterocycles. The topological polar surface area (TPSA) is 70.7 Å². The van der Waals surface area contributed by atoms with Crippen LogP contribution in [-0.2, 0) is 6.42 Å². The Morgan fingerprint density at radius 1 is 1.06 bits per heavy atom. The molecule has 1 aromatic heterocycles. The maximum atomic E-state index is 13.2. The number of H-pyrrole nitrogens is 1. The van der Waals surface area contributed by atoms with Gasteiger partial charge in [0.25, 0.3) is 5.91 Å². The van der Waals surface area contributed by atoms with Gasteiger partial charge in [-0.25, -0.2) is 0 Å². The number of hydrogen-bond donors (Lipinski definition) is 1. The summed E-state index contributed by atoms with van der Waals surface area (Å²) in [5.74, 6) is 1.55. The van der Waals surface area contributed by atoms with Crippen molar-refractivity contribution in [1.82, 2.24) is 15.1 Å². The first-order valence-electron chi connectivity index (χ1n) is 12.2. The fourth-order valence-electron chi connectivity index (χ4n) is 5.08. The second kappa shape index (κ2) is 10.2. The lowest BCUT2D eigenvalue weighted by Gasteiger charge is -2.42. The molecule has 1 saturated heterocycles. The number of piperazine rings is 1. The molecule has 3 aromatic rings. The van der Waals surface area contributed by atoms with Gasteiger partial charge < -0.3 is 19.3 Å². The van der Waals surface area contributed by atoms with E-state index in [9.17, 15) is 4.79 Å². The Balaban J connectivity index is 1.38. The number of ether oxygens (including phenoxy) is 2. The minimum Gasteiger partial charge on any atom is -0.493 e. The predicted octanol–water partition coefficient (Wildman–Crippen LogP) is 4.31. The molecule has 7 nitrogen and oxygen atoms in total. The van der Waals surface area contributed by atoms with Crippen LogP contribution in [0.4, 0.5) is 5.69 Å². The highest BCUT2D eigenvalue weighted by atomic mass is 16.5. The zero-order valence-electron chi connectivity index (χ0n) is 19.7. The number of nitrogens with zero attached hydrogens (tertiary/aromatic N) is 3. The van der Waals surface area contributed by atoms with Crippen molar-refractivity contribution < 1.29 is 14.3 Å². The minimum absolute atomic E-state index is 0.0261. The van der Waals surface area contributed by atoms with Gasteiger partial charge in [-0.2, -0.15) is 5.10 Å². The van der Waals surface area contributed by atoms with E-state index in [2.05, 4.69) is 39.4 Å². The molecule has 5 rings (SSSR count). The number of benzene rings is 2. The standard InChI is InChI=1S/C27H32N4O3/c1-33-25-12-11-21(18-26(25)34-23-9-5-6-10-23)30-15-16-31(27(32)24-13-14-28-29-24)22(19-30)17-20-7-3-2-4-8-20/h2-4,7-8,11-14,18,22-23H,5-6,9-10,15-17,19H2,1H3,(H,28,29)/t22-/m0/s1. The molecule has 34 heavy (non-hydrogen) atoms. The highest BCUT2D eigenvalue weighted by Crippen LogP contribution is 2.36. The number of nitrogens with one attached hydrogen (secondary N) is 1. The van der Waals surface area contributed by atoms with Crippen molar-refractivity contribution in [2.24, 2.45) is 0 Å². The first kappa shape index (κ1) is 22.3. The molecule has 0 bridgehead atoms. The van der Waals surface area contributed by atoms with Crippen molar-refractivity contribution >= 4 is 11.6 Å². The van der Waals surface area contributed by atoms with Crippen molar-refractivity contribution in [1.29, 1.82) is 0 Å². The van der Waals surface area contributed by atoms with Gasteiger partial charge in [0, 0.05) is 37.6 Å². The molecule has 1 saturated carbocycles. The van der Waals surface area contributed by atoms with E-state index in [4.69, 9.17) is 9.47 Å². The maximum absolute atomic E-state index is 13.2. The Morgan fingerprint density at radius 2 is 1.88 bits per heavy atom. The quantitative estimate of drug-likeness (QED) is 0.569. The summed E-state index contributed by atoms with van der Waals surface area (Å²) in [6.07, 6.45) is 7.38. The van der Waals surface area contributed by atoms with E-state index in [1.807, 2.05) is 29.2 Å². The highest BCUT2D eigenvalue weighted by Gasteiger charge is 2.32. The van der Waals surface area contributed by atoms with Crippen LogP contribution in [0.3, 0.4) is 0 Å². The number of anilines is 1. The smallest absolute Gasteiger partial charge is 0.274 e. The summed E-state index contributed by atoms with van der Waals surface area (Å²) in [6.45, 7) is 2.12. The van der Waals surface area contributed by atoms with Crippen LogP contribution in [0, 0.1) is 0 Å². The van der Waals surface area contributed by atoms with Gasteiger partial charge in [-0.05, 0) is 55.9 Å². The first-order valence-corrected chi connectivity index (χ1v) is 12.2. The number of hydrogen-bond acceptors (Lipinski definition) is 5. The van der Waals surface area contributed by atoms with Crippen LogP contribution in [0.2, 0.25) is 0 Å². The summed E-state index contributed by atoms with van der Waals surface area (Å²) in [5, 5.41) is 6.89. The normalized spacial score (nSPS) is 18.8. The number of methoxy groups -OCH3 is 1. The van der Waals surface area contributed by atoms with Gasteiger partial charge in [0.05, 0.1) is 19.3 Å². The molecule has 0 radical (unpaired) electrons. The lowest BCUT2D eigenvalue weighted by molar-refractivity contribution is 0.0650. The SMILES string of the molecule is COc1ccc(N2CCN(C(=O)c3cc[nH]n3)[C@@H](Cc3ccccc3)C2)cc1OC1CCCC1. The third-order valence-corrected chi connectivity index (χ3v) is 6.89. The summed E-state index contributed by atoms with van der Waals surface area (Å²) in [4.78, 5) is 17.5. The molecular weight excluding hydrogens is 428 g/mol. The highest BCUT2D eigenvalue weighted by molar-refractivity contribution is 5.92. The fraction of sp³-hybridized carbons (Fsp3) is 0.407. The summed E-state index contributed by atoms with van der Waals surface area (Å²) in [5.41, 5.74) is 2.77. The van der Waals surface area contributed by atoms with Crippen LogP contribution in [0.1, 0.15) is 41.7 Å². The van der Waals surface area contributed by atoms with Crippen molar-refractivity contribution in [3.8, 4) is 11.5 Å². The number of carbonyl (C=O) groups excluding carboxylic acids is 1. The van der Waals surface area contributed by atoms with Crippen molar-refractivity contribution in [3.05, 3.63) is 72.1 Å². The van der Waals surface area contributed by atoms with E-state index in [1.165, 1.54) is 18.4 Å². The lowest BCUT2D eigenvalue weighted by Crippen LogP contribution is -2.56. The van der Waals surface area contributed by atoms with Crippen LogP contribution < -0.4 is 14.4 Å². The minimum atomic E-state index is -0.0261. The molecule has 0 unspecified atom stereocenters. The van der Waals surface area contributed by atoms with Gasteiger partial charge >= 0.3 is 0 Å². The van der Waals surface area contributed by atoms with Gasteiger partial charge in [0.2, 0.25) is 0 Å². The van der Waals surface area contributed by atoms with Gasteiger partial charge in [0.1, 0.15) is 5.69 Å². The van der Waals surface area contributed by atoms with Crippen LogP contribution in [0.5, 0.6) is 11.5 Å². The predicted molar refractivity (Wildman–Crippen MR) is 132 cm³/mol. The summed E-state index contributed by atoms with van der Waals surface area (Å²) in [6, 6.07) is 18.3. The number of carbonyl (C=O) groups is 1. The largest absolute Gasteiger partial charge is 0.493 e. The number of rotatable bonds is 7. The summed E-state index contributed by atoms with van der Waals surface area (Å²) >= 11 is 0. The number of aromatic nitrogens is 2. The van der Waals surface area contributed by atoms with Crippen LogP contribution >= 0.6 is 0 Å². The number of amides is 1. The second-order valence-electron chi connectivity index (χ2n) is 9.11. The Labute approximate surface area is 200 Å². The third kappa shape index (κ3) is 4.88. The van der Waals surface area contributed by atoms with E-state index in [0.717, 1.165) is 49.5 Å². The molecule has 0 spiro atoms. The zero-order chi connectivity index (χ0) is 23.3. The molecular formula is C27H32N4O3. The Hall–Kier alpha value is -3.48. The molecule has 2 aromatic carbocycles. The first-order chi connectivity index (χ1) is 16.7. The van der Waals surface area contributed by atoms with Gasteiger partial charge in [-0.1, -0.05) is 30.3 Å². The molecule has 1 atom stereocenters. The van der Waals surface area contributed by atoms with Crippen molar-refractivity contribution in [3.63, 3.8) is 0 Å². The van der Waals surface area contributed by atoms with E-state index in [-0.39, 0.29) is 18.1 Å². The molecule has 178 valence electrons. The maximum Gasteiger partial charge on any atom is 0.274 e. The van der Waals surface area contributed by atoms with E-state index in [0.29, 0.717) is 12.2 Å². The molecule has 1 aliphatic carbocycles. The Morgan fingerprint density at radius 3 is 2.62 bits per heavy atom. The molecule has 7 heteroatoms. The molecule has 2 aliphatic rings. The third-order valence-electron chi connectivity index (χ3n) is 6.89. The number of aromatic amines is 1. The average molecular weight is 461 g/mol. The van der Waals surface area contributed by atoms with Crippen LogP contribution in [0.15, 0.2) is 60.8 Å². The molecule has 2 fully saturated rings. The molecule has 1 amide bonds. The van der Waals surface area contributed by atoms with Gasteiger partial charge in [0.15, 0.2) is 11.5 Å². The Kier molecular flexibility index (Phi) is 6.70. The van der Waals surface area contributed by atoms with E-state index < -0.39 is 0 Å². The lowest BCUT2D eigenvalue weighted by atomic mass is 10.0. The van der Waals surface area contributed by atoms with Crippen molar-refractivity contribution in [2.45, 2.75) is 44.2 Å².